The Labute approximate surface area is 181 Å². The molecule has 1 N–H and O–H groups in total. The molecule has 9 nitrogen and oxygen atoms in total. The monoisotopic (exact) mass is 428 g/mol. The molecule has 0 unspecified atom stereocenters. The van der Waals surface area contributed by atoms with Gasteiger partial charge in [0.05, 0.1) is 12.2 Å². The number of ether oxygens (including phenoxy) is 1. The number of aryl methyl sites for hydroxylation is 4. The van der Waals surface area contributed by atoms with Gasteiger partial charge in [-0.25, -0.2) is 4.79 Å². The molecule has 1 fully saturated rings. The second kappa shape index (κ2) is 9.74. The summed E-state index contributed by atoms with van der Waals surface area (Å²) < 4.78 is 10.1. The van der Waals surface area contributed by atoms with Crippen LogP contribution in [0.5, 0.6) is 0 Å². The number of amides is 2. The van der Waals surface area contributed by atoms with Gasteiger partial charge in [0.25, 0.3) is 5.91 Å². The van der Waals surface area contributed by atoms with Gasteiger partial charge in [0.2, 0.25) is 5.91 Å². The van der Waals surface area contributed by atoms with E-state index in [9.17, 15) is 14.4 Å². The summed E-state index contributed by atoms with van der Waals surface area (Å²) in [6, 6.07) is 5.89. The summed E-state index contributed by atoms with van der Waals surface area (Å²) >= 11 is 0. The molecular weight excluding hydrogens is 400 g/mol. The molecule has 2 amide bonds. The van der Waals surface area contributed by atoms with Crippen molar-refractivity contribution in [3.63, 3.8) is 0 Å². The molecule has 0 aliphatic carbocycles. The lowest BCUT2D eigenvalue weighted by Crippen LogP contribution is -2.51. The lowest BCUT2D eigenvalue weighted by Gasteiger charge is -2.34. The first kappa shape index (κ1) is 22.5. The van der Waals surface area contributed by atoms with Crippen LogP contribution < -0.4 is 5.32 Å². The fourth-order valence-electron chi connectivity index (χ4n) is 3.61. The minimum Gasteiger partial charge on any atom is -0.452 e. The Morgan fingerprint density at radius 3 is 2.29 bits per heavy atom. The van der Waals surface area contributed by atoms with Crippen molar-refractivity contribution >= 4 is 23.5 Å². The normalized spacial score (nSPS) is 14.4. The van der Waals surface area contributed by atoms with Crippen LogP contribution in [0, 0.1) is 27.7 Å². The molecule has 3 rings (SSSR count). The number of hydrogen-bond donors (Lipinski definition) is 1. The third-order valence-electron chi connectivity index (χ3n) is 5.40. The number of carbonyl (C=O) groups is 3. The highest BCUT2D eigenvalue weighted by Gasteiger charge is 2.25. The van der Waals surface area contributed by atoms with E-state index in [-0.39, 0.29) is 30.5 Å². The predicted molar refractivity (Wildman–Crippen MR) is 114 cm³/mol. The summed E-state index contributed by atoms with van der Waals surface area (Å²) in [5, 5.41) is 6.70. The number of anilines is 1. The summed E-state index contributed by atoms with van der Waals surface area (Å²) in [5.41, 5.74) is 3.58. The van der Waals surface area contributed by atoms with Crippen LogP contribution in [0.3, 0.4) is 0 Å². The number of nitrogens with zero attached hydrogens (tertiary/aromatic N) is 3. The van der Waals surface area contributed by atoms with Crippen LogP contribution in [-0.4, -0.2) is 72.1 Å². The van der Waals surface area contributed by atoms with E-state index in [1.54, 1.807) is 18.7 Å². The average molecular weight is 428 g/mol. The lowest BCUT2D eigenvalue weighted by atomic mass is 10.1. The molecule has 2 aromatic rings. The van der Waals surface area contributed by atoms with Gasteiger partial charge in [0.15, 0.2) is 6.61 Å². The molecule has 2 heterocycles. The third kappa shape index (κ3) is 5.49. The van der Waals surface area contributed by atoms with Gasteiger partial charge in [-0.1, -0.05) is 23.4 Å². The highest BCUT2D eigenvalue weighted by atomic mass is 16.5. The largest absolute Gasteiger partial charge is 0.452 e. The van der Waals surface area contributed by atoms with Crippen LogP contribution in [-0.2, 0) is 14.3 Å². The summed E-state index contributed by atoms with van der Waals surface area (Å²) in [6.45, 7) is 9.20. The van der Waals surface area contributed by atoms with E-state index in [4.69, 9.17) is 9.26 Å². The number of rotatable bonds is 6. The van der Waals surface area contributed by atoms with Crippen molar-refractivity contribution in [2.24, 2.45) is 0 Å². The Kier molecular flexibility index (Phi) is 7.06. The Morgan fingerprint density at radius 2 is 1.71 bits per heavy atom. The lowest BCUT2D eigenvalue weighted by molar-refractivity contribution is -0.136. The topological polar surface area (TPSA) is 105 Å². The number of benzene rings is 1. The molecule has 9 heteroatoms. The number of piperazine rings is 1. The van der Waals surface area contributed by atoms with E-state index in [0.717, 1.165) is 16.8 Å². The van der Waals surface area contributed by atoms with Crippen LogP contribution in [0.25, 0.3) is 0 Å². The van der Waals surface area contributed by atoms with Crippen molar-refractivity contribution in [1.29, 1.82) is 0 Å². The molecule has 31 heavy (non-hydrogen) atoms. The minimum absolute atomic E-state index is 0.0782. The molecule has 1 aliphatic rings. The quantitative estimate of drug-likeness (QED) is 0.700. The van der Waals surface area contributed by atoms with Crippen LogP contribution in [0.2, 0.25) is 0 Å². The van der Waals surface area contributed by atoms with E-state index in [1.165, 1.54) is 0 Å². The Morgan fingerprint density at radius 1 is 1.06 bits per heavy atom. The number of para-hydroxylation sites is 1. The highest BCUT2D eigenvalue weighted by molar-refractivity contribution is 5.94. The van der Waals surface area contributed by atoms with E-state index in [1.807, 2.05) is 36.9 Å². The van der Waals surface area contributed by atoms with Gasteiger partial charge in [-0.15, -0.1) is 0 Å². The van der Waals surface area contributed by atoms with Crippen LogP contribution in [0.15, 0.2) is 22.7 Å². The Hall–Kier alpha value is -3.20. The van der Waals surface area contributed by atoms with E-state index in [0.29, 0.717) is 37.6 Å². The molecule has 1 saturated heterocycles. The van der Waals surface area contributed by atoms with Crippen molar-refractivity contribution < 1.29 is 23.6 Å². The first-order valence-corrected chi connectivity index (χ1v) is 10.2. The molecule has 0 atom stereocenters. The van der Waals surface area contributed by atoms with Crippen LogP contribution in [0.4, 0.5) is 5.69 Å². The predicted octanol–water partition coefficient (Wildman–Crippen LogP) is 1.85. The van der Waals surface area contributed by atoms with Crippen LogP contribution in [0.1, 0.15) is 32.9 Å². The second-order valence-corrected chi connectivity index (χ2v) is 7.75. The minimum atomic E-state index is -0.619. The molecular formula is C22H28N4O5. The van der Waals surface area contributed by atoms with E-state index in [2.05, 4.69) is 10.5 Å². The summed E-state index contributed by atoms with van der Waals surface area (Å²) in [7, 11) is 0. The molecule has 1 aromatic carbocycles. The average Bonchev–Trinajstić information content (AvgIpc) is 3.07. The Bertz CT molecular complexity index is 937. The fourth-order valence-corrected chi connectivity index (χ4v) is 3.61. The first-order chi connectivity index (χ1) is 14.8. The molecule has 0 bridgehead atoms. The zero-order valence-corrected chi connectivity index (χ0v) is 18.4. The number of esters is 1. The van der Waals surface area contributed by atoms with Crippen molar-refractivity contribution in [3.05, 3.63) is 46.3 Å². The number of carbonyl (C=O) groups excluding carboxylic acids is 3. The summed E-state index contributed by atoms with van der Waals surface area (Å²) in [6.07, 6.45) is 0. The molecule has 0 saturated carbocycles. The molecule has 0 spiro atoms. The van der Waals surface area contributed by atoms with Crippen molar-refractivity contribution in [3.8, 4) is 0 Å². The Balaban J connectivity index is 1.43. The molecule has 1 aliphatic heterocycles. The maximum atomic E-state index is 12.4. The van der Waals surface area contributed by atoms with Crippen LogP contribution >= 0.6 is 0 Å². The zero-order chi connectivity index (χ0) is 22.5. The highest BCUT2D eigenvalue weighted by Crippen LogP contribution is 2.19. The summed E-state index contributed by atoms with van der Waals surface area (Å²) in [4.78, 5) is 40.6. The van der Waals surface area contributed by atoms with Crippen molar-refractivity contribution in [1.82, 2.24) is 15.0 Å². The van der Waals surface area contributed by atoms with Crippen molar-refractivity contribution in [2.75, 3.05) is 44.6 Å². The zero-order valence-electron chi connectivity index (χ0n) is 18.4. The number of nitrogens with one attached hydrogen (secondary N) is 1. The summed E-state index contributed by atoms with van der Waals surface area (Å²) in [5.74, 6) is -0.598. The SMILES string of the molecule is Cc1cccc(C)c1NC(=O)CN1CCN(C(=O)COC(=O)c2c(C)noc2C)CC1. The smallest absolute Gasteiger partial charge is 0.344 e. The molecule has 1 aromatic heterocycles. The molecule has 0 radical (unpaired) electrons. The van der Waals surface area contributed by atoms with Gasteiger partial charge in [-0.05, 0) is 38.8 Å². The number of aromatic nitrogens is 1. The van der Waals surface area contributed by atoms with E-state index < -0.39 is 5.97 Å². The van der Waals surface area contributed by atoms with Gasteiger partial charge in [-0.2, -0.15) is 0 Å². The molecule has 166 valence electrons. The maximum absolute atomic E-state index is 12.4. The first-order valence-electron chi connectivity index (χ1n) is 10.2. The van der Waals surface area contributed by atoms with E-state index >= 15 is 0 Å². The third-order valence-corrected chi connectivity index (χ3v) is 5.40. The van der Waals surface area contributed by atoms with Gasteiger partial charge in [0.1, 0.15) is 11.3 Å². The van der Waals surface area contributed by atoms with Gasteiger partial charge in [-0.3, -0.25) is 14.5 Å². The number of hydrogen-bond acceptors (Lipinski definition) is 7. The second-order valence-electron chi connectivity index (χ2n) is 7.75. The van der Waals surface area contributed by atoms with Crippen molar-refractivity contribution in [2.45, 2.75) is 27.7 Å². The fraction of sp³-hybridized carbons (Fsp3) is 0.455. The van der Waals surface area contributed by atoms with Gasteiger partial charge in [0, 0.05) is 31.9 Å². The van der Waals surface area contributed by atoms with Gasteiger partial charge >= 0.3 is 5.97 Å². The standard InChI is InChI=1S/C22H28N4O5/c1-14-6-5-7-15(2)21(14)23-18(27)12-25-8-10-26(11-9-25)19(28)13-30-22(29)20-16(3)24-31-17(20)4/h5-7H,8-13H2,1-4H3,(H,23,27). The maximum Gasteiger partial charge on any atom is 0.344 e. The van der Waals surface area contributed by atoms with Gasteiger partial charge < -0.3 is 19.5 Å².